The molecule has 2 amide bonds. The molecule has 4 rings (SSSR count). The normalized spacial score (nSPS) is 16.3. The second kappa shape index (κ2) is 10.3. The molecule has 1 aliphatic heterocycles. The number of halogens is 1. The molecule has 1 fully saturated rings. The molecule has 1 aromatic carbocycles. The molecule has 0 unspecified atom stereocenters. The average Bonchev–Trinajstić information content (AvgIpc) is 3.06. The third-order valence-electron chi connectivity index (χ3n) is 5.96. The lowest BCUT2D eigenvalue weighted by Gasteiger charge is -2.20. The molecule has 0 aliphatic carbocycles. The number of rotatable bonds is 6. The quantitative estimate of drug-likeness (QED) is 0.625. The van der Waals surface area contributed by atoms with Gasteiger partial charge < -0.3 is 10.6 Å². The Hall–Kier alpha value is -3.68. The van der Waals surface area contributed by atoms with Gasteiger partial charge in [0.05, 0.1) is 0 Å². The predicted octanol–water partition coefficient (Wildman–Crippen LogP) is 3.19. The van der Waals surface area contributed by atoms with Crippen molar-refractivity contribution < 1.29 is 14.0 Å². The van der Waals surface area contributed by atoms with Crippen molar-refractivity contribution in [3.63, 3.8) is 0 Å². The van der Waals surface area contributed by atoms with Gasteiger partial charge in [0.25, 0.3) is 11.8 Å². The number of amides is 2. The van der Waals surface area contributed by atoms with Crippen molar-refractivity contribution >= 4 is 11.8 Å². The van der Waals surface area contributed by atoms with E-state index in [9.17, 15) is 14.0 Å². The van der Waals surface area contributed by atoms with Crippen molar-refractivity contribution in [1.82, 2.24) is 19.9 Å². The molecule has 0 spiro atoms. The van der Waals surface area contributed by atoms with E-state index in [1.807, 2.05) is 11.0 Å². The van der Waals surface area contributed by atoms with Crippen LogP contribution in [0.5, 0.6) is 0 Å². The summed E-state index contributed by atoms with van der Waals surface area (Å²) >= 11 is 0. The zero-order valence-corrected chi connectivity index (χ0v) is 18.3. The van der Waals surface area contributed by atoms with Crippen LogP contribution in [0, 0.1) is 11.7 Å². The van der Waals surface area contributed by atoms with Gasteiger partial charge in [0.15, 0.2) is 0 Å². The second-order valence-electron chi connectivity index (χ2n) is 8.33. The Morgan fingerprint density at radius 1 is 1.00 bits per heavy atom. The Balaban J connectivity index is 1.39. The summed E-state index contributed by atoms with van der Waals surface area (Å²) in [5, 5.41) is 0. The second-order valence-corrected chi connectivity index (χ2v) is 8.33. The van der Waals surface area contributed by atoms with Gasteiger partial charge in [-0.1, -0.05) is 24.3 Å². The molecule has 3 heterocycles. The number of hydrogen-bond acceptors (Lipinski definition) is 5. The number of hydrogen-bond donors (Lipinski definition) is 1. The highest BCUT2D eigenvalue weighted by Gasteiger charge is 2.23. The lowest BCUT2D eigenvalue weighted by molar-refractivity contribution is 0.0753. The number of pyridine rings is 1. The van der Waals surface area contributed by atoms with Crippen LogP contribution < -0.4 is 5.73 Å². The van der Waals surface area contributed by atoms with Crippen LogP contribution in [-0.4, -0.2) is 44.8 Å². The molecule has 0 saturated carbocycles. The fourth-order valence-corrected chi connectivity index (χ4v) is 4.21. The topological polar surface area (TPSA) is 102 Å². The lowest BCUT2D eigenvalue weighted by Crippen LogP contribution is -2.32. The Morgan fingerprint density at radius 3 is 2.67 bits per heavy atom. The fourth-order valence-electron chi connectivity index (χ4n) is 4.21. The van der Waals surface area contributed by atoms with Crippen molar-refractivity contribution in [3.05, 3.63) is 89.0 Å². The van der Waals surface area contributed by atoms with E-state index in [0.717, 1.165) is 25.0 Å². The summed E-state index contributed by atoms with van der Waals surface area (Å²) in [6, 6.07) is 13.5. The molecular formula is C25H26FN5O2. The summed E-state index contributed by atoms with van der Waals surface area (Å²) in [5.74, 6) is -0.606. The minimum atomic E-state index is -0.568. The maximum atomic E-state index is 14.0. The number of aromatic nitrogens is 3. The van der Waals surface area contributed by atoms with E-state index in [-0.39, 0.29) is 17.4 Å². The summed E-state index contributed by atoms with van der Waals surface area (Å²) in [6.45, 7) is 1.28. The molecule has 0 radical (unpaired) electrons. The number of benzene rings is 1. The van der Waals surface area contributed by atoms with Crippen LogP contribution in [-0.2, 0) is 12.8 Å². The van der Waals surface area contributed by atoms with Gasteiger partial charge in [-0.25, -0.2) is 19.3 Å². The maximum Gasteiger partial charge on any atom is 0.272 e. The molecule has 3 aromatic rings. The molecule has 170 valence electrons. The largest absolute Gasteiger partial charge is 0.364 e. The van der Waals surface area contributed by atoms with Crippen LogP contribution in [0.4, 0.5) is 4.39 Å². The van der Waals surface area contributed by atoms with Crippen molar-refractivity contribution in [2.75, 3.05) is 13.1 Å². The molecule has 8 heteroatoms. The number of nitrogens with zero attached hydrogens (tertiary/aromatic N) is 4. The fraction of sp³-hybridized carbons (Fsp3) is 0.320. The zero-order chi connectivity index (χ0) is 23.2. The van der Waals surface area contributed by atoms with Crippen LogP contribution in [0.3, 0.4) is 0 Å². The Labute approximate surface area is 191 Å². The van der Waals surface area contributed by atoms with Crippen LogP contribution in [0.25, 0.3) is 0 Å². The van der Waals surface area contributed by atoms with Gasteiger partial charge in [-0.2, -0.15) is 0 Å². The summed E-state index contributed by atoms with van der Waals surface area (Å²) in [4.78, 5) is 39.0. The lowest BCUT2D eigenvalue weighted by atomic mass is 9.95. The highest BCUT2D eigenvalue weighted by molar-refractivity contribution is 5.92. The first kappa shape index (κ1) is 22.5. The molecule has 33 heavy (non-hydrogen) atoms. The van der Waals surface area contributed by atoms with Gasteiger partial charge >= 0.3 is 0 Å². The van der Waals surface area contributed by atoms with Gasteiger partial charge in [-0.15, -0.1) is 0 Å². The van der Waals surface area contributed by atoms with E-state index in [1.54, 1.807) is 36.4 Å². The first-order chi connectivity index (χ1) is 16.0. The Kier molecular flexibility index (Phi) is 7.02. The van der Waals surface area contributed by atoms with Crippen molar-refractivity contribution in [3.8, 4) is 0 Å². The van der Waals surface area contributed by atoms with E-state index >= 15 is 0 Å². The molecule has 7 nitrogen and oxygen atoms in total. The van der Waals surface area contributed by atoms with Gasteiger partial charge in [-0.3, -0.25) is 9.59 Å². The SMILES string of the molecule is NC(=O)c1cc(C[C@H]2CCCN(C(=O)c3cccc(Cc4ccccc4F)n3)CC2)ncn1. The standard InChI is InChI=1S/C25H26FN5O2/c26-21-8-2-1-6-18(21)14-19-7-3-9-22(30-19)25(33)31-11-4-5-17(10-12-31)13-20-15-23(24(27)32)29-16-28-20/h1-3,6-9,15-17H,4-5,10-14H2,(H2,27,32)/t17-/m0/s1. The van der Waals surface area contributed by atoms with Crippen LogP contribution in [0.15, 0.2) is 54.9 Å². The summed E-state index contributed by atoms with van der Waals surface area (Å²) in [5.41, 5.74) is 7.90. The summed E-state index contributed by atoms with van der Waals surface area (Å²) < 4.78 is 14.0. The molecular weight excluding hydrogens is 421 g/mol. The minimum Gasteiger partial charge on any atom is -0.364 e. The van der Waals surface area contributed by atoms with Crippen molar-refractivity contribution in [1.29, 1.82) is 0 Å². The highest BCUT2D eigenvalue weighted by Crippen LogP contribution is 2.22. The van der Waals surface area contributed by atoms with Gasteiger partial charge in [0.2, 0.25) is 0 Å². The van der Waals surface area contributed by atoms with E-state index in [4.69, 9.17) is 5.73 Å². The molecule has 1 aliphatic rings. The van der Waals surface area contributed by atoms with E-state index < -0.39 is 5.91 Å². The number of carbonyl (C=O) groups is 2. The van der Waals surface area contributed by atoms with Crippen LogP contribution in [0.1, 0.15) is 57.2 Å². The molecule has 2 N–H and O–H groups in total. The average molecular weight is 448 g/mol. The molecule has 1 atom stereocenters. The van der Waals surface area contributed by atoms with Crippen LogP contribution >= 0.6 is 0 Å². The van der Waals surface area contributed by atoms with Crippen LogP contribution in [0.2, 0.25) is 0 Å². The molecule has 1 saturated heterocycles. The Bertz CT molecular complexity index is 1150. The Morgan fingerprint density at radius 2 is 1.85 bits per heavy atom. The van der Waals surface area contributed by atoms with Gasteiger partial charge in [-0.05, 0) is 61.4 Å². The smallest absolute Gasteiger partial charge is 0.272 e. The minimum absolute atomic E-state index is 0.107. The number of carbonyl (C=O) groups excluding carboxylic acids is 2. The first-order valence-electron chi connectivity index (χ1n) is 11.1. The number of nitrogens with two attached hydrogens (primary N) is 1. The van der Waals surface area contributed by atoms with Crippen molar-refractivity contribution in [2.24, 2.45) is 11.7 Å². The molecule has 2 aromatic heterocycles. The summed E-state index contributed by atoms with van der Waals surface area (Å²) in [6.07, 6.45) is 5.07. The van der Waals surface area contributed by atoms with Gasteiger partial charge in [0, 0.05) is 30.9 Å². The first-order valence-corrected chi connectivity index (χ1v) is 11.1. The van der Waals surface area contributed by atoms with E-state index in [1.165, 1.54) is 12.4 Å². The number of likely N-dealkylation sites (tertiary alicyclic amines) is 1. The number of primary amides is 1. The highest BCUT2D eigenvalue weighted by atomic mass is 19.1. The predicted molar refractivity (Wildman–Crippen MR) is 121 cm³/mol. The third-order valence-corrected chi connectivity index (χ3v) is 5.96. The van der Waals surface area contributed by atoms with E-state index in [0.29, 0.717) is 48.8 Å². The van der Waals surface area contributed by atoms with E-state index in [2.05, 4.69) is 15.0 Å². The third kappa shape index (κ3) is 5.77. The zero-order valence-electron chi connectivity index (χ0n) is 18.3. The monoisotopic (exact) mass is 447 g/mol. The maximum absolute atomic E-state index is 14.0. The molecule has 0 bridgehead atoms. The van der Waals surface area contributed by atoms with Gasteiger partial charge in [0.1, 0.15) is 23.5 Å². The summed E-state index contributed by atoms with van der Waals surface area (Å²) in [7, 11) is 0. The van der Waals surface area contributed by atoms with Crippen molar-refractivity contribution in [2.45, 2.75) is 32.1 Å².